The number of amides is 1. The third kappa shape index (κ3) is 3.88. The van der Waals surface area contributed by atoms with Crippen LogP contribution in [-0.2, 0) is 4.79 Å². The average molecular weight is 288 g/mol. The molecule has 2 N–H and O–H groups in total. The molecule has 0 fully saturated rings. The minimum Gasteiger partial charge on any atom is -0.481 e. The van der Waals surface area contributed by atoms with Gasteiger partial charge in [0.05, 0.1) is 17.8 Å². The number of carboxylic acid groups (broad SMARTS) is 1. The summed E-state index contributed by atoms with van der Waals surface area (Å²) in [5.74, 6) is -1.74. The van der Waals surface area contributed by atoms with Crippen molar-refractivity contribution in [2.45, 2.75) is 13.3 Å². The summed E-state index contributed by atoms with van der Waals surface area (Å²) in [7, 11) is 0. The molecule has 110 valence electrons. The summed E-state index contributed by atoms with van der Waals surface area (Å²) in [6, 6.07) is 9.32. The van der Waals surface area contributed by atoms with Crippen LogP contribution in [0.1, 0.15) is 23.8 Å². The third-order valence-corrected chi connectivity index (χ3v) is 3.03. The molecule has 2 aromatic rings. The molecule has 1 heterocycles. The lowest BCUT2D eigenvalue weighted by Crippen LogP contribution is -2.27. The minimum absolute atomic E-state index is 0.196. The zero-order valence-electron chi connectivity index (χ0n) is 11.6. The molecule has 1 aromatic carbocycles. The maximum absolute atomic E-state index is 11.9. The molecule has 1 aromatic heterocycles. The molecule has 0 radical (unpaired) electrons. The summed E-state index contributed by atoms with van der Waals surface area (Å²) in [4.78, 5) is 22.5. The van der Waals surface area contributed by atoms with Crippen LogP contribution in [0.25, 0.3) is 5.69 Å². The largest absolute Gasteiger partial charge is 0.481 e. The van der Waals surface area contributed by atoms with E-state index in [0.717, 1.165) is 5.69 Å². The first-order valence-electron chi connectivity index (χ1n) is 6.56. The van der Waals surface area contributed by atoms with E-state index in [9.17, 15) is 9.59 Å². The lowest BCUT2D eigenvalue weighted by atomic mass is 10.1. The van der Waals surface area contributed by atoms with Gasteiger partial charge in [-0.2, -0.15) is 0 Å². The van der Waals surface area contributed by atoms with Crippen molar-refractivity contribution in [2.75, 3.05) is 6.54 Å². The van der Waals surface area contributed by atoms with E-state index in [1.165, 1.54) is 10.9 Å². The van der Waals surface area contributed by atoms with Gasteiger partial charge in [0.25, 0.3) is 5.91 Å². The van der Waals surface area contributed by atoms with Crippen LogP contribution in [0.2, 0.25) is 0 Å². The fourth-order valence-electron chi connectivity index (χ4n) is 1.69. The van der Waals surface area contributed by atoms with Gasteiger partial charge >= 0.3 is 5.97 Å². The van der Waals surface area contributed by atoms with Crippen molar-refractivity contribution in [1.82, 2.24) is 20.3 Å². The summed E-state index contributed by atoms with van der Waals surface area (Å²) in [6.45, 7) is 1.88. The van der Waals surface area contributed by atoms with E-state index in [0.29, 0.717) is 6.42 Å². The monoisotopic (exact) mass is 288 g/mol. The zero-order valence-corrected chi connectivity index (χ0v) is 11.6. The van der Waals surface area contributed by atoms with Gasteiger partial charge in [0.1, 0.15) is 0 Å². The highest BCUT2D eigenvalue weighted by atomic mass is 16.4. The smallest absolute Gasteiger partial charge is 0.306 e. The van der Waals surface area contributed by atoms with Crippen molar-refractivity contribution < 1.29 is 14.7 Å². The number of hydrogen-bond donors (Lipinski definition) is 2. The second-order valence-corrected chi connectivity index (χ2v) is 4.67. The maximum Gasteiger partial charge on any atom is 0.306 e. The van der Waals surface area contributed by atoms with E-state index in [1.807, 2.05) is 30.3 Å². The highest BCUT2D eigenvalue weighted by molar-refractivity contribution is 5.91. The second-order valence-electron chi connectivity index (χ2n) is 4.67. The molecule has 21 heavy (non-hydrogen) atoms. The van der Waals surface area contributed by atoms with E-state index >= 15 is 0 Å². The van der Waals surface area contributed by atoms with Crippen LogP contribution in [0.3, 0.4) is 0 Å². The normalized spacial score (nSPS) is 11.9. The maximum atomic E-state index is 11.9. The standard InChI is InChI=1S/C14H16N4O3/c1-10(14(20)21)7-8-15-13(19)12-9-18(17-16-12)11-5-3-2-4-6-11/h2-6,9-10H,7-8H2,1H3,(H,15,19)(H,20,21). The molecule has 1 unspecified atom stereocenters. The van der Waals surface area contributed by atoms with Crippen molar-refractivity contribution in [2.24, 2.45) is 5.92 Å². The number of carbonyl (C=O) groups is 2. The van der Waals surface area contributed by atoms with Crippen LogP contribution in [0.4, 0.5) is 0 Å². The number of aromatic nitrogens is 3. The SMILES string of the molecule is CC(CCNC(=O)c1cn(-c2ccccc2)nn1)C(=O)O. The Morgan fingerprint density at radius 2 is 2.05 bits per heavy atom. The summed E-state index contributed by atoms with van der Waals surface area (Å²) < 4.78 is 1.51. The van der Waals surface area contributed by atoms with Crippen LogP contribution in [-0.4, -0.2) is 38.5 Å². The highest BCUT2D eigenvalue weighted by Gasteiger charge is 2.14. The molecular formula is C14H16N4O3. The zero-order chi connectivity index (χ0) is 15.2. The Labute approximate surface area is 121 Å². The van der Waals surface area contributed by atoms with Crippen LogP contribution in [0.5, 0.6) is 0 Å². The Morgan fingerprint density at radius 3 is 2.71 bits per heavy atom. The van der Waals surface area contributed by atoms with E-state index in [-0.39, 0.29) is 18.1 Å². The molecule has 0 aliphatic heterocycles. The first-order valence-corrected chi connectivity index (χ1v) is 6.56. The van der Waals surface area contributed by atoms with Crippen molar-refractivity contribution in [3.63, 3.8) is 0 Å². The Bertz CT molecular complexity index is 624. The van der Waals surface area contributed by atoms with Gasteiger partial charge < -0.3 is 10.4 Å². The van der Waals surface area contributed by atoms with Gasteiger partial charge in [0.15, 0.2) is 5.69 Å². The van der Waals surface area contributed by atoms with Gasteiger partial charge in [-0.1, -0.05) is 30.3 Å². The van der Waals surface area contributed by atoms with Crippen molar-refractivity contribution in [1.29, 1.82) is 0 Å². The molecule has 0 saturated heterocycles. The lowest BCUT2D eigenvalue weighted by Gasteiger charge is -2.06. The Morgan fingerprint density at radius 1 is 1.33 bits per heavy atom. The topological polar surface area (TPSA) is 97.1 Å². The number of para-hydroxylation sites is 1. The molecule has 2 rings (SSSR count). The Balaban J connectivity index is 1.92. The van der Waals surface area contributed by atoms with Crippen LogP contribution >= 0.6 is 0 Å². The summed E-state index contributed by atoms with van der Waals surface area (Å²) >= 11 is 0. The number of carboxylic acids is 1. The number of nitrogens with zero attached hydrogens (tertiary/aromatic N) is 3. The summed E-state index contributed by atoms with van der Waals surface area (Å²) in [5.41, 5.74) is 1.00. The lowest BCUT2D eigenvalue weighted by molar-refractivity contribution is -0.141. The van der Waals surface area contributed by atoms with Gasteiger partial charge in [-0.25, -0.2) is 4.68 Å². The Hall–Kier alpha value is -2.70. The quantitative estimate of drug-likeness (QED) is 0.829. The Kier molecular flexibility index (Phi) is 4.65. The number of carbonyl (C=O) groups excluding carboxylic acids is 1. The molecule has 0 bridgehead atoms. The molecular weight excluding hydrogens is 272 g/mol. The fraction of sp³-hybridized carbons (Fsp3) is 0.286. The van der Waals surface area contributed by atoms with Crippen molar-refractivity contribution >= 4 is 11.9 Å². The molecule has 0 aliphatic rings. The molecule has 1 amide bonds. The van der Waals surface area contributed by atoms with Gasteiger partial charge in [-0.15, -0.1) is 5.10 Å². The van der Waals surface area contributed by atoms with E-state index in [4.69, 9.17) is 5.11 Å². The van der Waals surface area contributed by atoms with Gasteiger partial charge in [0.2, 0.25) is 0 Å². The van der Waals surface area contributed by atoms with Crippen LogP contribution < -0.4 is 5.32 Å². The first kappa shape index (κ1) is 14.7. The number of benzene rings is 1. The van der Waals surface area contributed by atoms with E-state index in [1.54, 1.807) is 6.92 Å². The number of nitrogens with one attached hydrogen (secondary N) is 1. The number of hydrogen-bond acceptors (Lipinski definition) is 4. The van der Waals surface area contributed by atoms with E-state index < -0.39 is 11.9 Å². The van der Waals surface area contributed by atoms with E-state index in [2.05, 4.69) is 15.6 Å². The molecule has 1 atom stereocenters. The number of aliphatic carboxylic acids is 1. The second kappa shape index (κ2) is 6.65. The molecule has 0 spiro atoms. The van der Waals surface area contributed by atoms with Gasteiger partial charge in [-0.05, 0) is 18.6 Å². The predicted molar refractivity (Wildman–Crippen MR) is 75.1 cm³/mol. The predicted octanol–water partition coefficient (Wildman–Crippen LogP) is 1.11. The summed E-state index contributed by atoms with van der Waals surface area (Å²) in [5, 5.41) is 19.1. The van der Waals surface area contributed by atoms with Crippen molar-refractivity contribution in [3.05, 3.63) is 42.2 Å². The fourth-order valence-corrected chi connectivity index (χ4v) is 1.69. The summed E-state index contributed by atoms with van der Waals surface area (Å²) in [6.07, 6.45) is 1.90. The van der Waals surface area contributed by atoms with Gasteiger partial charge in [0, 0.05) is 6.54 Å². The third-order valence-electron chi connectivity index (χ3n) is 3.03. The molecule has 0 aliphatic carbocycles. The van der Waals surface area contributed by atoms with Gasteiger partial charge in [-0.3, -0.25) is 9.59 Å². The minimum atomic E-state index is -0.876. The molecule has 0 saturated carbocycles. The van der Waals surface area contributed by atoms with Crippen LogP contribution in [0.15, 0.2) is 36.5 Å². The molecule has 7 nitrogen and oxygen atoms in total. The molecule has 7 heteroatoms. The van der Waals surface area contributed by atoms with Crippen LogP contribution in [0, 0.1) is 5.92 Å². The first-order chi connectivity index (χ1) is 10.1. The number of rotatable bonds is 6. The average Bonchev–Trinajstić information content (AvgIpc) is 2.97. The van der Waals surface area contributed by atoms with Crippen molar-refractivity contribution in [3.8, 4) is 5.69 Å². The highest BCUT2D eigenvalue weighted by Crippen LogP contribution is 2.06.